The van der Waals surface area contributed by atoms with E-state index < -0.39 is 0 Å². The van der Waals surface area contributed by atoms with Crippen molar-refractivity contribution in [1.82, 2.24) is 19.9 Å². The number of carbonyl (C=O) groups excluding carboxylic acids is 1. The van der Waals surface area contributed by atoms with E-state index in [2.05, 4.69) is 15.4 Å². The second-order valence-corrected chi connectivity index (χ2v) is 7.28. The maximum Gasteiger partial charge on any atom is 0.251 e. The molecule has 30 heavy (non-hydrogen) atoms. The van der Waals surface area contributed by atoms with Gasteiger partial charge >= 0.3 is 0 Å². The molecule has 7 nitrogen and oxygen atoms in total. The normalized spacial score (nSPS) is 10.9. The van der Waals surface area contributed by atoms with Crippen LogP contribution in [-0.2, 0) is 6.42 Å². The lowest BCUT2D eigenvalue weighted by Crippen LogP contribution is -2.26. The van der Waals surface area contributed by atoms with E-state index in [9.17, 15) is 9.18 Å². The van der Waals surface area contributed by atoms with Gasteiger partial charge in [-0.15, -0.1) is 16.4 Å². The first-order valence-electron chi connectivity index (χ1n) is 9.18. The fraction of sp³-hybridized carbons (Fsp3) is 0.190. The molecule has 4 aromatic rings. The highest BCUT2D eigenvalue weighted by Crippen LogP contribution is 2.27. The molecule has 0 spiro atoms. The Morgan fingerprint density at radius 2 is 1.90 bits per heavy atom. The molecule has 9 heteroatoms. The van der Waals surface area contributed by atoms with Gasteiger partial charge < -0.3 is 14.8 Å². The zero-order valence-electron chi connectivity index (χ0n) is 16.4. The summed E-state index contributed by atoms with van der Waals surface area (Å²) in [5.41, 5.74) is 2.17. The summed E-state index contributed by atoms with van der Waals surface area (Å²) in [6.07, 6.45) is 0.589. The largest absolute Gasteiger partial charge is 0.493 e. The zero-order chi connectivity index (χ0) is 21.1. The molecule has 2 aromatic carbocycles. The Balaban J connectivity index is 1.42. The molecule has 2 heterocycles. The minimum Gasteiger partial charge on any atom is -0.493 e. The highest BCUT2D eigenvalue weighted by molar-refractivity contribution is 7.15. The van der Waals surface area contributed by atoms with Crippen molar-refractivity contribution in [2.75, 3.05) is 20.8 Å². The van der Waals surface area contributed by atoms with Gasteiger partial charge in [-0.1, -0.05) is 0 Å². The van der Waals surface area contributed by atoms with E-state index in [-0.39, 0.29) is 11.7 Å². The SMILES string of the molecule is COc1ccc(C(=O)NCCc2csc3nc(-c4ccc(F)cc4)nn23)cc1OC. The zero-order valence-corrected chi connectivity index (χ0v) is 17.2. The smallest absolute Gasteiger partial charge is 0.251 e. The maximum absolute atomic E-state index is 13.1. The van der Waals surface area contributed by atoms with E-state index in [4.69, 9.17) is 9.47 Å². The molecule has 0 aliphatic rings. The number of methoxy groups -OCH3 is 2. The first-order valence-corrected chi connectivity index (χ1v) is 10.1. The Labute approximate surface area is 176 Å². The predicted molar refractivity (Wildman–Crippen MR) is 112 cm³/mol. The lowest BCUT2D eigenvalue weighted by atomic mass is 10.2. The van der Waals surface area contributed by atoms with Crippen LogP contribution in [0.3, 0.4) is 0 Å². The lowest BCUT2D eigenvalue weighted by Gasteiger charge is -2.10. The summed E-state index contributed by atoms with van der Waals surface area (Å²) in [5.74, 6) is 1.11. The van der Waals surface area contributed by atoms with Gasteiger partial charge in [-0.3, -0.25) is 4.79 Å². The maximum atomic E-state index is 13.1. The van der Waals surface area contributed by atoms with Crippen molar-refractivity contribution >= 4 is 22.2 Å². The number of carbonyl (C=O) groups is 1. The van der Waals surface area contributed by atoms with E-state index in [0.717, 1.165) is 16.2 Å². The van der Waals surface area contributed by atoms with Crippen LogP contribution < -0.4 is 14.8 Å². The van der Waals surface area contributed by atoms with E-state index >= 15 is 0 Å². The summed E-state index contributed by atoms with van der Waals surface area (Å²) >= 11 is 1.47. The van der Waals surface area contributed by atoms with Gasteiger partial charge in [-0.25, -0.2) is 8.91 Å². The van der Waals surface area contributed by atoms with Crippen LogP contribution in [0, 0.1) is 5.82 Å². The standard InChI is InChI=1S/C21H19FN4O3S/c1-28-17-8-5-14(11-18(17)29-2)20(27)23-10-9-16-12-30-21-24-19(25-26(16)21)13-3-6-15(22)7-4-13/h3-8,11-12H,9-10H2,1-2H3,(H,23,27). The quantitative estimate of drug-likeness (QED) is 0.489. The molecule has 1 N–H and O–H groups in total. The highest BCUT2D eigenvalue weighted by Gasteiger charge is 2.13. The Morgan fingerprint density at radius 1 is 1.13 bits per heavy atom. The number of rotatable bonds is 7. The average molecular weight is 426 g/mol. The lowest BCUT2D eigenvalue weighted by molar-refractivity contribution is 0.0953. The van der Waals surface area contributed by atoms with Crippen LogP contribution in [0.25, 0.3) is 16.3 Å². The molecule has 154 valence electrons. The molecule has 4 rings (SSSR count). The van der Waals surface area contributed by atoms with Gasteiger partial charge in [-0.2, -0.15) is 4.98 Å². The fourth-order valence-electron chi connectivity index (χ4n) is 3.00. The summed E-state index contributed by atoms with van der Waals surface area (Å²) in [7, 11) is 3.07. The first kappa shape index (κ1) is 19.8. The number of benzene rings is 2. The van der Waals surface area contributed by atoms with Gasteiger partial charge in [0.1, 0.15) is 5.82 Å². The number of halogens is 1. The van der Waals surface area contributed by atoms with Crippen LogP contribution in [0.4, 0.5) is 4.39 Å². The summed E-state index contributed by atoms with van der Waals surface area (Å²) in [6.45, 7) is 0.435. The summed E-state index contributed by atoms with van der Waals surface area (Å²) in [6, 6.07) is 11.1. The third-order valence-corrected chi connectivity index (χ3v) is 5.43. The molecular weight excluding hydrogens is 407 g/mol. The molecule has 0 aliphatic heterocycles. The molecule has 2 aromatic heterocycles. The fourth-order valence-corrected chi connectivity index (χ4v) is 3.86. The summed E-state index contributed by atoms with van der Waals surface area (Å²) in [4.78, 5) is 17.7. The van der Waals surface area contributed by atoms with Gasteiger partial charge in [0.15, 0.2) is 17.3 Å². The number of aromatic nitrogens is 3. The van der Waals surface area contributed by atoms with Crippen LogP contribution in [0.2, 0.25) is 0 Å². The molecule has 0 unspecified atom stereocenters. The third kappa shape index (κ3) is 3.97. The molecule has 1 amide bonds. The van der Waals surface area contributed by atoms with Crippen LogP contribution in [0.5, 0.6) is 11.5 Å². The van der Waals surface area contributed by atoms with Crippen LogP contribution in [-0.4, -0.2) is 41.3 Å². The van der Waals surface area contributed by atoms with Gasteiger partial charge in [-0.05, 0) is 42.5 Å². The monoisotopic (exact) mass is 426 g/mol. The topological polar surface area (TPSA) is 77.8 Å². The molecule has 0 saturated heterocycles. The number of nitrogens with zero attached hydrogens (tertiary/aromatic N) is 3. The summed E-state index contributed by atoms with van der Waals surface area (Å²) in [5, 5.41) is 9.39. The Kier molecular flexibility index (Phi) is 5.62. The van der Waals surface area contributed by atoms with Gasteiger partial charge in [0, 0.05) is 29.5 Å². The number of thiazole rings is 1. The first-order chi connectivity index (χ1) is 14.6. The average Bonchev–Trinajstić information content (AvgIpc) is 3.35. The predicted octanol–water partition coefficient (Wildman–Crippen LogP) is 3.59. The van der Waals surface area contributed by atoms with Gasteiger partial charge in [0.05, 0.1) is 19.9 Å². The van der Waals surface area contributed by atoms with Gasteiger partial charge in [0.25, 0.3) is 5.91 Å². The number of nitrogens with one attached hydrogen (secondary N) is 1. The van der Waals surface area contributed by atoms with Crippen molar-refractivity contribution in [2.45, 2.75) is 6.42 Å². The molecule has 0 aliphatic carbocycles. The van der Waals surface area contributed by atoms with E-state index in [1.807, 2.05) is 5.38 Å². The Morgan fingerprint density at radius 3 is 2.63 bits per heavy atom. The summed E-state index contributed by atoms with van der Waals surface area (Å²) < 4.78 is 25.3. The van der Waals surface area contributed by atoms with Crippen LogP contribution in [0.1, 0.15) is 16.1 Å². The van der Waals surface area contributed by atoms with Crippen molar-refractivity contribution in [3.05, 3.63) is 64.9 Å². The number of fused-ring (bicyclic) bond motifs is 1. The number of amides is 1. The highest BCUT2D eigenvalue weighted by atomic mass is 32.1. The number of hydrogen-bond donors (Lipinski definition) is 1. The second kappa shape index (κ2) is 8.50. The molecule has 0 bridgehead atoms. The van der Waals surface area contributed by atoms with Crippen molar-refractivity contribution < 1.29 is 18.7 Å². The second-order valence-electron chi connectivity index (χ2n) is 6.44. The Bertz CT molecular complexity index is 1190. The number of hydrogen-bond acceptors (Lipinski definition) is 6. The van der Waals surface area contributed by atoms with Crippen molar-refractivity contribution in [3.8, 4) is 22.9 Å². The molecule has 0 radical (unpaired) electrons. The van der Waals surface area contributed by atoms with Crippen molar-refractivity contribution in [3.63, 3.8) is 0 Å². The van der Waals surface area contributed by atoms with E-state index in [1.54, 1.807) is 42.0 Å². The van der Waals surface area contributed by atoms with Crippen LogP contribution in [0.15, 0.2) is 47.8 Å². The molecule has 0 saturated carbocycles. The van der Waals surface area contributed by atoms with E-state index in [1.165, 1.54) is 30.6 Å². The minimum atomic E-state index is -0.300. The molecular formula is C21H19FN4O3S. The van der Waals surface area contributed by atoms with Crippen molar-refractivity contribution in [2.24, 2.45) is 0 Å². The number of ether oxygens (including phenoxy) is 2. The molecule has 0 fully saturated rings. The van der Waals surface area contributed by atoms with Crippen LogP contribution >= 0.6 is 11.3 Å². The Hall–Kier alpha value is -3.46. The van der Waals surface area contributed by atoms with Gasteiger partial charge in [0.2, 0.25) is 4.96 Å². The third-order valence-electron chi connectivity index (χ3n) is 4.56. The molecule has 0 atom stereocenters. The van der Waals surface area contributed by atoms with E-state index in [0.29, 0.717) is 35.9 Å². The minimum absolute atomic E-state index is 0.201. The van der Waals surface area contributed by atoms with Crippen molar-refractivity contribution in [1.29, 1.82) is 0 Å².